The van der Waals surface area contributed by atoms with E-state index in [1.54, 1.807) is 11.3 Å². The Hall–Kier alpha value is -7.71. The molecule has 3 atom stereocenters. The predicted molar refractivity (Wildman–Crippen MR) is 347 cm³/mol. The van der Waals surface area contributed by atoms with Gasteiger partial charge in [0.15, 0.2) is 0 Å². The molecule has 0 spiro atoms. The summed E-state index contributed by atoms with van der Waals surface area (Å²) in [6.07, 6.45) is 15.0. The predicted octanol–water partition coefficient (Wildman–Crippen LogP) is 11.1. The number of ether oxygens (including phenoxy) is 5. The number of thiazole rings is 1. The first-order valence-corrected chi connectivity index (χ1v) is 31.7. The number of nitrogens with one attached hydrogen (secondary N) is 3. The van der Waals surface area contributed by atoms with Crippen molar-refractivity contribution in [1.82, 2.24) is 35.5 Å². The standard InChI is InChI=1S/C70H84N8O9S/c1-7-28-87-61-15-11-10-14-59(61)56-39-54(23-17-49-16-20-51-12-8-9-13-53(51)38-49)65(74-43-56)57-37-47(2)64(73-44-57)55-24-25-62(72-42-55)71-27-30-84-32-34-86-36-35-85-33-31-83-29-26-63(80)77-67(70(4,5)6)69(82)78-45-58(79)40-60(78)68(81)75-41-50-18-21-52(22-19-50)66-48(3)76-46-88-66/h10-11,14-25,37-39,42-44,46,58,60,67,79H,7-9,12-13,26-36,40-41,45H2,1-6H3,(H,71,72)(H,75,81)(H,77,80)/b23-17+/t58-,60+,67-/m1/s1. The van der Waals surface area contributed by atoms with Gasteiger partial charge >= 0.3 is 0 Å². The maximum absolute atomic E-state index is 14.0. The molecule has 1 aliphatic carbocycles. The Morgan fingerprint density at radius 3 is 2.12 bits per heavy atom. The summed E-state index contributed by atoms with van der Waals surface area (Å²) in [6.45, 7) is 16.0. The molecule has 3 amide bonds. The molecule has 9 rings (SSSR count). The second kappa shape index (κ2) is 32.0. The van der Waals surface area contributed by atoms with E-state index in [0.717, 1.165) is 97.3 Å². The minimum atomic E-state index is -0.930. The van der Waals surface area contributed by atoms with Crippen molar-refractivity contribution < 1.29 is 43.2 Å². The Kier molecular flexibility index (Phi) is 23.5. The van der Waals surface area contributed by atoms with Crippen LogP contribution in [0.2, 0.25) is 0 Å². The molecule has 1 fully saturated rings. The van der Waals surface area contributed by atoms with Crippen LogP contribution in [0.1, 0.15) is 98.9 Å². The highest BCUT2D eigenvalue weighted by Gasteiger charge is 2.44. The molecule has 17 nitrogen and oxygen atoms in total. The number of hydrogen-bond acceptors (Lipinski definition) is 15. The number of aliphatic hydroxyl groups is 1. The summed E-state index contributed by atoms with van der Waals surface area (Å²) < 4.78 is 28.9. The fraction of sp³-hybridized carbons (Fsp3) is 0.414. The fourth-order valence-corrected chi connectivity index (χ4v) is 11.7. The van der Waals surface area contributed by atoms with Crippen LogP contribution in [0.4, 0.5) is 5.82 Å². The summed E-state index contributed by atoms with van der Waals surface area (Å²) in [5, 5.41) is 19.7. The number of aliphatic hydroxyl groups excluding tert-OH is 1. The lowest BCUT2D eigenvalue weighted by Gasteiger charge is -2.35. The van der Waals surface area contributed by atoms with Gasteiger partial charge in [-0.15, -0.1) is 11.3 Å². The fourth-order valence-electron chi connectivity index (χ4n) is 10.9. The number of hydrogen-bond donors (Lipinski definition) is 4. The minimum Gasteiger partial charge on any atom is -0.493 e. The van der Waals surface area contributed by atoms with Crippen molar-refractivity contribution in [3.05, 3.63) is 154 Å². The highest BCUT2D eigenvalue weighted by atomic mass is 32.1. The number of pyridine rings is 3. The van der Waals surface area contributed by atoms with E-state index < -0.39 is 29.5 Å². The highest BCUT2D eigenvalue weighted by Crippen LogP contribution is 2.36. The summed E-state index contributed by atoms with van der Waals surface area (Å²) in [5.41, 5.74) is 15.7. The Morgan fingerprint density at radius 1 is 0.727 bits per heavy atom. The highest BCUT2D eigenvalue weighted by molar-refractivity contribution is 7.13. The van der Waals surface area contributed by atoms with Crippen LogP contribution in [0.15, 0.2) is 115 Å². The van der Waals surface area contributed by atoms with Crippen molar-refractivity contribution in [2.75, 3.05) is 77.9 Å². The SMILES string of the molecule is CCCOc1ccccc1-c1cnc(-c2cnc(-c3ccc(NCCOCCOCCOCCOCCC(=O)N[C@H](C(=O)N4C[C@H](O)C[C@H]4C(=O)NCc4ccc(-c5scnc5C)cc4)C(C)(C)C)nc3)c(C)c2)c(/C=C/c2ccc3c(c2)CCCC3)c1. The number of fused-ring (bicyclic) bond motifs is 1. The monoisotopic (exact) mass is 1210 g/mol. The van der Waals surface area contributed by atoms with Crippen LogP contribution in [-0.2, 0) is 52.7 Å². The number of nitrogens with zero attached hydrogens (tertiary/aromatic N) is 5. The molecule has 1 saturated heterocycles. The van der Waals surface area contributed by atoms with E-state index in [2.05, 4.69) is 88.3 Å². The zero-order chi connectivity index (χ0) is 61.8. The molecule has 3 aromatic carbocycles. The molecule has 7 aromatic rings. The molecule has 5 heterocycles. The number of benzene rings is 3. The smallest absolute Gasteiger partial charge is 0.246 e. The Morgan fingerprint density at radius 2 is 1.42 bits per heavy atom. The Balaban J connectivity index is 0.643. The lowest BCUT2D eigenvalue weighted by molar-refractivity contribution is -0.144. The molecular formula is C70H84N8O9S. The first kappa shape index (κ1) is 64.8. The molecule has 464 valence electrons. The van der Waals surface area contributed by atoms with Crippen LogP contribution in [0, 0.1) is 19.3 Å². The largest absolute Gasteiger partial charge is 0.493 e. The zero-order valence-corrected chi connectivity index (χ0v) is 52.5. The van der Waals surface area contributed by atoms with E-state index in [9.17, 15) is 19.5 Å². The molecule has 0 radical (unpaired) electrons. The summed E-state index contributed by atoms with van der Waals surface area (Å²) in [6, 6.07) is 29.4. The second-order valence-electron chi connectivity index (χ2n) is 23.5. The number of rotatable bonds is 30. The number of aryl methyl sites for hydroxylation is 4. The molecule has 0 unspecified atom stereocenters. The Bertz CT molecular complexity index is 3460. The van der Waals surface area contributed by atoms with Gasteiger partial charge in [-0.1, -0.05) is 101 Å². The van der Waals surface area contributed by atoms with Gasteiger partial charge in [0, 0.05) is 78.9 Å². The summed E-state index contributed by atoms with van der Waals surface area (Å²) in [7, 11) is 0. The summed E-state index contributed by atoms with van der Waals surface area (Å²) >= 11 is 1.58. The third kappa shape index (κ3) is 18.0. The van der Waals surface area contributed by atoms with Crippen molar-refractivity contribution in [3.63, 3.8) is 0 Å². The number of para-hydroxylation sites is 1. The van der Waals surface area contributed by atoms with Crippen LogP contribution < -0.4 is 20.7 Å². The number of carbonyl (C=O) groups excluding carboxylic acids is 3. The third-order valence-corrected chi connectivity index (χ3v) is 16.6. The van der Waals surface area contributed by atoms with Gasteiger partial charge in [0.25, 0.3) is 0 Å². The average Bonchev–Trinajstić information content (AvgIpc) is 3.99. The quantitative estimate of drug-likeness (QED) is 0.0309. The van der Waals surface area contributed by atoms with Crippen molar-refractivity contribution in [2.45, 2.75) is 111 Å². The van der Waals surface area contributed by atoms with Crippen molar-refractivity contribution in [1.29, 1.82) is 0 Å². The average molecular weight is 1210 g/mol. The van der Waals surface area contributed by atoms with Crippen molar-refractivity contribution in [3.8, 4) is 49.8 Å². The third-order valence-electron chi connectivity index (χ3n) is 15.6. The molecular weight excluding hydrogens is 1130 g/mol. The molecule has 18 heteroatoms. The maximum atomic E-state index is 14.0. The number of β-amino-alcohol motifs (C(OH)–C–C–N with tert-alkyl or cyclic N) is 1. The van der Waals surface area contributed by atoms with Gasteiger partial charge in [-0.2, -0.15) is 0 Å². The summed E-state index contributed by atoms with van der Waals surface area (Å²) in [4.78, 5) is 62.1. The second-order valence-corrected chi connectivity index (χ2v) is 24.3. The van der Waals surface area contributed by atoms with Crippen LogP contribution in [-0.4, -0.2) is 138 Å². The molecule has 2 aliphatic rings. The van der Waals surface area contributed by atoms with Gasteiger partial charge in [-0.25, -0.2) is 9.97 Å². The lowest BCUT2D eigenvalue weighted by atomic mass is 9.85. The topological polar surface area (TPSA) is 208 Å². The van der Waals surface area contributed by atoms with Crippen LogP contribution >= 0.6 is 11.3 Å². The van der Waals surface area contributed by atoms with E-state index >= 15 is 0 Å². The van der Waals surface area contributed by atoms with Gasteiger partial charge in [-0.3, -0.25) is 24.4 Å². The number of carbonyl (C=O) groups is 3. The molecule has 4 aromatic heterocycles. The summed E-state index contributed by atoms with van der Waals surface area (Å²) in [5.74, 6) is 0.445. The first-order valence-electron chi connectivity index (χ1n) is 30.8. The van der Waals surface area contributed by atoms with E-state index in [0.29, 0.717) is 52.8 Å². The van der Waals surface area contributed by atoms with Gasteiger partial charge in [0.2, 0.25) is 17.7 Å². The van der Waals surface area contributed by atoms with Crippen molar-refractivity contribution >= 4 is 47.0 Å². The van der Waals surface area contributed by atoms with Crippen molar-refractivity contribution in [2.24, 2.45) is 5.41 Å². The van der Waals surface area contributed by atoms with Crippen LogP contribution in [0.25, 0.3) is 56.2 Å². The van der Waals surface area contributed by atoms with E-state index in [-0.39, 0.29) is 51.0 Å². The van der Waals surface area contributed by atoms with Crippen LogP contribution in [0.5, 0.6) is 5.75 Å². The maximum Gasteiger partial charge on any atom is 0.246 e. The van der Waals surface area contributed by atoms with E-state index in [1.807, 2.05) is 106 Å². The zero-order valence-electron chi connectivity index (χ0n) is 51.6. The first-order chi connectivity index (χ1) is 42.7. The molecule has 0 saturated carbocycles. The molecule has 4 N–H and O–H groups in total. The van der Waals surface area contributed by atoms with E-state index in [1.165, 1.54) is 34.4 Å². The molecule has 0 bridgehead atoms. The normalized spacial score (nSPS) is 15.3. The number of likely N-dealkylation sites (tertiary alicyclic amines) is 1. The van der Waals surface area contributed by atoms with Gasteiger partial charge in [0.05, 0.1) is 93.0 Å². The minimum absolute atomic E-state index is 0.00428. The number of amides is 3. The molecule has 1 aliphatic heterocycles. The van der Waals surface area contributed by atoms with Gasteiger partial charge in [0.1, 0.15) is 23.7 Å². The van der Waals surface area contributed by atoms with Crippen LogP contribution in [0.3, 0.4) is 0 Å². The number of anilines is 1. The van der Waals surface area contributed by atoms with Gasteiger partial charge in [-0.05, 0) is 115 Å². The lowest BCUT2D eigenvalue weighted by Crippen LogP contribution is -2.57. The van der Waals surface area contributed by atoms with Gasteiger partial charge < -0.3 is 49.6 Å². The van der Waals surface area contributed by atoms with E-state index in [4.69, 9.17) is 33.7 Å². The molecule has 88 heavy (non-hydrogen) atoms. The number of aromatic nitrogens is 4. The Labute approximate surface area is 521 Å².